The summed E-state index contributed by atoms with van der Waals surface area (Å²) < 4.78 is 39.2. The fourth-order valence-electron chi connectivity index (χ4n) is 3.44. The number of rotatable bonds is 7. The molecule has 4 aromatic rings. The standard InChI is InChI=1S/C24H22F2N4O3/c1-14-22(15(2)30(28-14)12-17-5-4-6-19(26)11-17)27-24(31)23-21(16(3)33-29-23)13-32-20-9-7-18(25)8-10-20/h4-11H,12-13H2,1-3H3,(H,27,31). The predicted octanol–water partition coefficient (Wildman–Crippen LogP) is 4.95. The number of nitrogens with zero attached hydrogens (tertiary/aromatic N) is 3. The number of carbonyl (C=O) groups excluding carboxylic acids is 1. The van der Waals surface area contributed by atoms with Crippen LogP contribution in [0.5, 0.6) is 5.75 Å². The van der Waals surface area contributed by atoms with Gasteiger partial charge in [0.15, 0.2) is 5.69 Å². The van der Waals surface area contributed by atoms with Gasteiger partial charge < -0.3 is 14.6 Å². The lowest BCUT2D eigenvalue weighted by atomic mass is 10.2. The van der Waals surface area contributed by atoms with Crippen LogP contribution in [-0.2, 0) is 13.2 Å². The molecule has 0 unspecified atom stereocenters. The second-order valence-electron chi connectivity index (χ2n) is 7.60. The van der Waals surface area contributed by atoms with Gasteiger partial charge >= 0.3 is 0 Å². The Balaban J connectivity index is 1.51. The van der Waals surface area contributed by atoms with Gasteiger partial charge in [-0.05, 0) is 62.7 Å². The Morgan fingerprint density at radius 2 is 1.85 bits per heavy atom. The molecule has 7 nitrogen and oxygen atoms in total. The second kappa shape index (κ2) is 9.23. The van der Waals surface area contributed by atoms with Crippen LogP contribution in [0.25, 0.3) is 0 Å². The van der Waals surface area contributed by atoms with Crippen molar-refractivity contribution in [3.8, 4) is 5.75 Å². The van der Waals surface area contributed by atoms with Gasteiger partial charge in [0.1, 0.15) is 29.8 Å². The Morgan fingerprint density at radius 3 is 2.58 bits per heavy atom. The molecule has 1 amide bonds. The van der Waals surface area contributed by atoms with E-state index in [1.165, 1.54) is 36.4 Å². The van der Waals surface area contributed by atoms with Crippen molar-refractivity contribution in [3.05, 3.63) is 94.1 Å². The quantitative estimate of drug-likeness (QED) is 0.429. The summed E-state index contributed by atoms with van der Waals surface area (Å²) >= 11 is 0. The van der Waals surface area contributed by atoms with Crippen molar-refractivity contribution in [2.45, 2.75) is 33.9 Å². The summed E-state index contributed by atoms with van der Waals surface area (Å²) in [5.41, 5.74) is 3.20. The first-order valence-corrected chi connectivity index (χ1v) is 10.2. The van der Waals surface area contributed by atoms with E-state index in [1.807, 2.05) is 13.0 Å². The molecule has 0 fully saturated rings. The summed E-state index contributed by atoms with van der Waals surface area (Å²) in [6.07, 6.45) is 0. The maximum atomic E-state index is 13.5. The summed E-state index contributed by atoms with van der Waals surface area (Å²) in [7, 11) is 0. The van der Waals surface area contributed by atoms with Crippen molar-refractivity contribution in [2.24, 2.45) is 0 Å². The van der Waals surface area contributed by atoms with Crippen LogP contribution in [0.15, 0.2) is 53.1 Å². The SMILES string of the molecule is Cc1nn(Cc2cccc(F)c2)c(C)c1NC(=O)c1noc(C)c1COc1ccc(F)cc1. The Hall–Kier alpha value is -4.01. The molecule has 4 rings (SSSR count). The van der Waals surface area contributed by atoms with Gasteiger partial charge in [-0.15, -0.1) is 0 Å². The Bertz CT molecular complexity index is 1300. The number of hydrogen-bond acceptors (Lipinski definition) is 5. The van der Waals surface area contributed by atoms with Crippen molar-refractivity contribution >= 4 is 11.6 Å². The Labute approximate surface area is 189 Å². The number of carbonyl (C=O) groups is 1. The topological polar surface area (TPSA) is 82.2 Å². The van der Waals surface area contributed by atoms with E-state index in [2.05, 4.69) is 15.6 Å². The normalized spacial score (nSPS) is 10.9. The zero-order valence-corrected chi connectivity index (χ0v) is 18.4. The monoisotopic (exact) mass is 452 g/mol. The van der Waals surface area contributed by atoms with Gasteiger partial charge in [0, 0.05) is 0 Å². The fourth-order valence-corrected chi connectivity index (χ4v) is 3.44. The average molecular weight is 452 g/mol. The molecule has 0 radical (unpaired) electrons. The highest BCUT2D eigenvalue weighted by Crippen LogP contribution is 2.24. The molecule has 170 valence electrons. The fraction of sp³-hybridized carbons (Fsp3) is 0.208. The number of amides is 1. The molecular formula is C24H22F2N4O3. The van der Waals surface area contributed by atoms with E-state index in [9.17, 15) is 13.6 Å². The number of nitrogens with one attached hydrogen (secondary N) is 1. The maximum Gasteiger partial charge on any atom is 0.278 e. The first-order chi connectivity index (χ1) is 15.8. The van der Waals surface area contributed by atoms with Crippen molar-refractivity contribution in [3.63, 3.8) is 0 Å². The van der Waals surface area contributed by atoms with Gasteiger partial charge in [0.2, 0.25) is 0 Å². The van der Waals surface area contributed by atoms with Gasteiger partial charge in [-0.2, -0.15) is 5.10 Å². The van der Waals surface area contributed by atoms with Gasteiger partial charge in [0.25, 0.3) is 5.91 Å². The van der Waals surface area contributed by atoms with Crippen molar-refractivity contribution < 1.29 is 22.8 Å². The van der Waals surface area contributed by atoms with Crippen molar-refractivity contribution in [1.82, 2.24) is 14.9 Å². The minimum Gasteiger partial charge on any atom is -0.489 e. The largest absolute Gasteiger partial charge is 0.489 e. The lowest BCUT2D eigenvalue weighted by Crippen LogP contribution is -2.16. The zero-order chi connectivity index (χ0) is 23.5. The number of aryl methyl sites for hydroxylation is 2. The number of ether oxygens (including phenoxy) is 1. The molecule has 0 atom stereocenters. The first-order valence-electron chi connectivity index (χ1n) is 10.2. The first kappa shape index (κ1) is 22.2. The number of aromatic nitrogens is 3. The van der Waals surface area contributed by atoms with Gasteiger partial charge in [-0.1, -0.05) is 17.3 Å². The third-order valence-corrected chi connectivity index (χ3v) is 5.24. The van der Waals surface area contributed by atoms with Crippen LogP contribution in [0.2, 0.25) is 0 Å². The van der Waals surface area contributed by atoms with Crippen LogP contribution >= 0.6 is 0 Å². The van der Waals surface area contributed by atoms with E-state index in [4.69, 9.17) is 9.26 Å². The smallest absolute Gasteiger partial charge is 0.278 e. The van der Waals surface area contributed by atoms with Crippen LogP contribution in [0, 0.1) is 32.4 Å². The molecule has 0 saturated heterocycles. The molecule has 33 heavy (non-hydrogen) atoms. The summed E-state index contributed by atoms with van der Waals surface area (Å²) in [4.78, 5) is 13.0. The number of benzene rings is 2. The molecule has 0 saturated carbocycles. The molecular weight excluding hydrogens is 430 g/mol. The number of hydrogen-bond donors (Lipinski definition) is 1. The number of anilines is 1. The third kappa shape index (κ3) is 4.92. The lowest BCUT2D eigenvalue weighted by Gasteiger charge is -2.08. The van der Waals surface area contributed by atoms with E-state index >= 15 is 0 Å². The van der Waals surface area contributed by atoms with Crippen molar-refractivity contribution in [2.75, 3.05) is 5.32 Å². The van der Waals surface area contributed by atoms with Crippen molar-refractivity contribution in [1.29, 1.82) is 0 Å². The zero-order valence-electron chi connectivity index (χ0n) is 18.4. The van der Waals surface area contributed by atoms with E-state index in [0.29, 0.717) is 35.0 Å². The molecule has 1 N–H and O–H groups in total. The van der Waals surface area contributed by atoms with E-state index in [1.54, 1.807) is 24.6 Å². The molecule has 2 aromatic carbocycles. The highest BCUT2D eigenvalue weighted by atomic mass is 19.1. The second-order valence-corrected chi connectivity index (χ2v) is 7.60. The molecule has 0 bridgehead atoms. The summed E-state index contributed by atoms with van der Waals surface area (Å²) in [6.45, 7) is 5.67. The molecule has 0 aliphatic heterocycles. The van der Waals surface area contributed by atoms with Crippen LogP contribution in [-0.4, -0.2) is 20.8 Å². The van der Waals surface area contributed by atoms with Crippen LogP contribution < -0.4 is 10.1 Å². The Morgan fingerprint density at radius 1 is 1.09 bits per heavy atom. The van der Waals surface area contributed by atoms with Crippen LogP contribution in [0.3, 0.4) is 0 Å². The summed E-state index contributed by atoms with van der Waals surface area (Å²) in [5, 5.41) is 11.2. The summed E-state index contributed by atoms with van der Waals surface area (Å²) in [5.74, 6) is -0.265. The van der Waals surface area contributed by atoms with Gasteiger partial charge in [-0.25, -0.2) is 8.78 Å². The average Bonchev–Trinajstić information content (AvgIpc) is 3.27. The van der Waals surface area contributed by atoms with E-state index < -0.39 is 5.91 Å². The molecule has 0 spiro atoms. The van der Waals surface area contributed by atoms with E-state index in [0.717, 1.165) is 11.3 Å². The highest BCUT2D eigenvalue weighted by molar-refractivity contribution is 6.04. The maximum absolute atomic E-state index is 13.5. The summed E-state index contributed by atoms with van der Waals surface area (Å²) in [6, 6.07) is 11.8. The minimum atomic E-state index is -0.471. The van der Waals surface area contributed by atoms with Crippen LogP contribution in [0.1, 0.15) is 38.8 Å². The Kier molecular flexibility index (Phi) is 6.21. The number of halogens is 2. The minimum absolute atomic E-state index is 0.0283. The lowest BCUT2D eigenvalue weighted by molar-refractivity contribution is 0.101. The molecule has 2 heterocycles. The highest BCUT2D eigenvalue weighted by Gasteiger charge is 2.23. The predicted molar refractivity (Wildman–Crippen MR) is 117 cm³/mol. The molecule has 0 aliphatic rings. The third-order valence-electron chi connectivity index (χ3n) is 5.24. The van der Waals surface area contributed by atoms with Gasteiger partial charge in [0.05, 0.1) is 29.2 Å². The van der Waals surface area contributed by atoms with Crippen LogP contribution in [0.4, 0.5) is 14.5 Å². The van der Waals surface area contributed by atoms with E-state index in [-0.39, 0.29) is 23.9 Å². The molecule has 0 aliphatic carbocycles. The van der Waals surface area contributed by atoms with Gasteiger partial charge in [-0.3, -0.25) is 9.48 Å². The molecule has 2 aromatic heterocycles. The molecule has 9 heteroatoms.